The van der Waals surface area contributed by atoms with Crippen LogP contribution in [0.1, 0.15) is 32.5 Å². The average Bonchev–Trinajstić information content (AvgIpc) is 2.52. The summed E-state index contributed by atoms with van der Waals surface area (Å²) >= 11 is 0. The number of nitrogens with zero attached hydrogens (tertiary/aromatic N) is 2. The van der Waals surface area contributed by atoms with Crippen molar-refractivity contribution in [3.05, 3.63) is 23.8 Å². The molecule has 4 bridgehead atoms. The van der Waals surface area contributed by atoms with Crippen LogP contribution < -0.4 is 4.74 Å². The molecule has 0 saturated carbocycles. The Labute approximate surface area is 143 Å². The minimum atomic E-state index is -0.266. The number of ketones is 1. The molecule has 24 heavy (non-hydrogen) atoms. The Balaban J connectivity index is 1.75. The van der Waals surface area contributed by atoms with E-state index in [2.05, 4.69) is 30.6 Å². The predicted octanol–water partition coefficient (Wildman–Crippen LogP) is 2.26. The molecule has 5 heteroatoms. The monoisotopic (exact) mass is 330 g/mol. The standard InChI is InChI=1S/C19H26N2O3/c1-12(2)19-10-20-8-18(3,17(19)23)9-21(11-19)16(20)13-5-6-14(22)15(7-13)24-4/h5-7,12,16,22H,8-11H2,1-4H3. The van der Waals surface area contributed by atoms with E-state index in [1.165, 1.54) is 0 Å². The number of Topliss-reactive ketones (excluding diaryl/α,β-unsaturated/α-hetero) is 1. The highest BCUT2D eigenvalue weighted by Gasteiger charge is 2.64. The summed E-state index contributed by atoms with van der Waals surface area (Å²) in [5, 5.41) is 9.88. The summed E-state index contributed by atoms with van der Waals surface area (Å²) in [5.74, 6) is 1.46. The van der Waals surface area contributed by atoms with Gasteiger partial charge < -0.3 is 9.84 Å². The van der Waals surface area contributed by atoms with Gasteiger partial charge in [-0.1, -0.05) is 26.8 Å². The third-order valence-electron chi connectivity index (χ3n) is 6.37. The zero-order valence-corrected chi connectivity index (χ0v) is 14.9. The van der Waals surface area contributed by atoms with Gasteiger partial charge in [-0.3, -0.25) is 14.6 Å². The lowest BCUT2D eigenvalue weighted by molar-refractivity contribution is -0.207. The zero-order chi connectivity index (χ0) is 17.3. The zero-order valence-electron chi connectivity index (χ0n) is 14.9. The van der Waals surface area contributed by atoms with Crippen LogP contribution in [-0.4, -0.2) is 54.0 Å². The molecular formula is C19H26N2O3. The van der Waals surface area contributed by atoms with Crippen LogP contribution in [0.15, 0.2) is 18.2 Å². The Kier molecular flexibility index (Phi) is 3.29. The third-order valence-corrected chi connectivity index (χ3v) is 6.37. The van der Waals surface area contributed by atoms with Gasteiger partial charge in [0.1, 0.15) is 5.78 Å². The molecule has 2 unspecified atom stereocenters. The first-order chi connectivity index (χ1) is 11.3. The summed E-state index contributed by atoms with van der Waals surface area (Å²) in [6.07, 6.45) is 0.160. The van der Waals surface area contributed by atoms with Gasteiger partial charge in [0.25, 0.3) is 0 Å². The van der Waals surface area contributed by atoms with Crippen molar-refractivity contribution >= 4 is 5.78 Å². The lowest BCUT2D eigenvalue weighted by Gasteiger charge is -2.66. The molecule has 130 valence electrons. The van der Waals surface area contributed by atoms with Gasteiger partial charge in [-0.2, -0.15) is 0 Å². The molecular weight excluding hydrogens is 304 g/mol. The van der Waals surface area contributed by atoms with Gasteiger partial charge in [-0.05, 0) is 23.6 Å². The first kappa shape index (κ1) is 15.9. The smallest absolute Gasteiger partial charge is 0.160 e. The molecule has 2 atom stereocenters. The molecule has 4 fully saturated rings. The van der Waals surface area contributed by atoms with Gasteiger partial charge in [-0.15, -0.1) is 0 Å². The fraction of sp³-hybridized carbons (Fsp3) is 0.632. The van der Waals surface area contributed by atoms with E-state index in [-0.39, 0.29) is 22.7 Å². The van der Waals surface area contributed by atoms with Crippen LogP contribution in [0.5, 0.6) is 11.5 Å². The minimum Gasteiger partial charge on any atom is -0.504 e. The number of carbonyl (C=O) groups is 1. The van der Waals surface area contributed by atoms with Crippen LogP contribution in [0.3, 0.4) is 0 Å². The van der Waals surface area contributed by atoms with E-state index in [4.69, 9.17) is 4.74 Å². The number of phenols is 1. The van der Waals surface area contributed by atoms with Crippen LogP contribution in [0.4, 0.5) is 0 Å². The second-order valence-corrected chi connectivity index (χ2v) is 8.32. The summed E-state index contributed by atoms with van der Waals surface area (Å²) in [6.45, 7) is 9.74. The SMILES string of the molecule is COc1cc(C2N3CC4(C)CN2CC(C(C)C)(C3)C4=O)ccc1O. The third kappa shape index (κ3) is 1.91. The maximum Gasteiger partial charge on any atom is 0.160 e. The topological polar surface area (TPSA) is 53.0 Å². The number of hydrogen-bond acceptors (Lipinski definition) is 5. The van der Waals surface area contributed by atoms with Crippen LogP contribution in [0.2, 0.25) is 0 Å². The van der Waals surface area contributed by atoms with Crippen molar-refractivity contribution in [3.8, 4) is 11.5 Å². The number of piperidine rings is 2. The Morgan fingerprint density at radius 3 is 2.38 bits per heavy atom. The molecule has 0 radical (unpaired) electrons. The van der Waals surface area contributed by atoms with Gasteiger partial charge in [0, 0.05) is 26.2 Å². The number of ether oxygens (including phenoxy) is 1. The maximum atomic E-state index is 13.1. The van der Waals surface area contributed by atoms with Crippen LogP contribution >= 0.6 is 0 Å². The number of carbonyl (C=O) groups excluding carboxylic acids is 1. The molecule has 5 nitrogen and oxygen atoms in total. The minimum absolute atomic E-state index is 0.160. The van der Waals surface area contributed by atoms with Gasteiger partial charge in [0.2, 0.25) is 0 Å². The predicted molar refractivity (Wildman–Crippen MR) is 90.9 cm³/mol. The van der Waals surface area contributed by atoms with E-state index in [9.17, 15) is 9.90 Å². The van der Waals surface area contributed by atoms with Crippen LogP contribution in [-0.2, 0) is 4.79 Å². The Morgan fingerprint density at radius 1 is 1.21 bits per heavy atom. The summed E-state index contributed by atoms with van der Waals surface area (Å²) in [4.78, 5) is 18.0. The van der Waals surface area contributed by atoms with E-state index < -0.39 is 0 Å². The molecule has 4 heterocycles. The Bertz CT molecular complexity index is 684. The van der Waals surface area contributed by atoms with Crippen molar-refractivity contribution < 1.29 is 14.6 Å². The van der Waals surface area contributed by atoms with Crippen molar-refractivity contribution in [1.29, 1.82) is 0 Å². The summed E-state index contributed by atoms with van der Waals surface area (Å²) < 4.78 is 5.28. The van der Waals surface area contributed by atoms with Gasteiger partial charge in [-0.25, -0.2) is 0 Å². The molecule has 4 aliphatic heterocycles. The molecule has 0 aliphatic carbocycles. The highest BCUT2D eigenvalue weighted by molar-refractivity contribution is 5.93. The summed E-state index contributed by atoms with van der Waals surface area (Å²) in [6, 6.07) is 5.60. The number of aromatic hydroxyl groups is 1. The number of methoxy groups -OCH3 is 1. The van der Waals surface area contributed by atoms with E-state index in [0.717, 1.165) is 31.7 Å². The second-order valence-electron chi connectivity index (χ2n) is 8.32. The second kappa shape index (κ2) is 4.96. The highest BCUT2D eigenvalue weighted by atomic mass is 16.5. The fourth-order valence-electron chi connectivity index (χ4n) is 5.20. The average molecular weight is 330 g/mol. The van der Waals surface area contributed by atoms with Crippen LogP contribution in [0.25, 0.3) is 0 Å². The fourth-order valence-corrected chi connectivity index (χ4v) is 5.20. The molecule has 4 saturated heterocycles. The normalized spacial score (nSPS) is 40.4. The van der Waals surface area contributed by atoms with Crippen molar-refractivity contribution in [2.45, 2.75) is 26.9 Å². The molecule has 0 aromatic heterocycles. The van der Waals surface area contributed by atoms with E-state index in [1.807, 2.05) is 12.1 Å². The molecule has 0 amide bonds. The molecule has 1 aromatic rings. The van der Waals surface area contributed by atoms with Gasteiger partial charge >= 0.3 is 0 Å². The van der Waals surface area contributed by atoms with E-state index >= 15 is 0 Å². The van der Waals surface area contributed by atoms with E-state index in [1.54, 1.807) is 13.2 Å². The number of phenolic OH excluding ortho intramolecular Hbond substituents is 1. The molecule has 1 N–H and O–H groups in total. The maximum absolute atomic E-state index is 13.1. The van der Waals surface area contributed by atoms with E-state index in [0.29, 0.717) is 17.5 Å². The first-order valence-corrected chi connectivity index (χ1v) is 8.71. The largest absolute Gasteiger partial charge is 0.504 e. The Morgan fingerprint density at radius 2 is 1.83 bits per heavy atom. The highest BCUT2D eigenvalue weighted by Crippen LogP contribution is 2.55. The number of hydrogen-bond donors (Lipinski definition) is 1. The van der Waals surface area contributed by atoms with Crippen LogP contribution in [0, 0.1) is 16.7 Å². The number of benzene rings is 1. The van der Waals surface area contributed by atoms with Crippen molar-refractivity contribution in [3.63, 3.8) is 0 Å². The lowest BCUT2D eigenvalue weighted by Crippen LogP contribution is -2.77. The lowest BCUT2D eigenvalue weighted by atomic mass is 9.57. The van der Waals surface area contributed by atoms with Gasteiger partial charge in [0.15, 0.2) is 11.5 Å². The first-order valence-electron chi connectivity index (χ1n) is 8.71. The molecule has 0 spiro atoms. The number of rotatable bonds is 3. The van der Waals surface area contributed by atoms with Crippen molar-refractivity contribution in [2.75, 3.05) is 33.3 Å². The molecule has 1 aromatic carbocycles. The van der Waals surface area contributed by atoms with Crippen molar-refractivity contribution in [1.82, 2.24) is 9.80 Å². The van der Waals surface area contributed by atoms with Gasteiger partial charge in [0.05, 0.1) is 24.1 Å². The summed E-state index contributed by atoms with van der Waals surface area (Å²) in [7, 11) is 1.57. The molecule has 5 rings (SSSR count). The van der Waals surface area contributed by atoms with Crippen molar-refractivity contribution in [2.24, 2.45) is 16.7 Å². The molecule has 4 aliphatic rings. The Hall–Kier alpha value is -1.59. The quantitative estimate of drug-likeness (QED) is 0.921. The summed E-state index contributed by atoms with van der Waals surface area (Å²) in [5.41, 5.74) is 0.611.